The Hall–Kier alpha value is -1.64. The van der Waals surface area contributed by atoms with Crippen molar-refractivity contribution in [2.45, 2.75) is 37.0 Å². The molecule has 0 amide bonds. The normalized spacial score (nSPS) is 11.5. The fourth-order valence-electron chi connectivity index (χ4n) is 3.05. The van der Waals surface area contributed by atoms with Crippen molar-refractivity contribution >= 4 is 39.0 Å². The summed E-state index contributed by atoms with van der Waals surface area (Å²) in [5.74, 6) is -0.250. The van der Waals surface area contributed by atoms with Gasteiger partial charge in [0.05, 0.1) is 12.1 Å². The number of ether oxygens (including phenoxy) is 1. The molecular formula is C21H26Cl2N2O4S. The van der Waals surface area contributed by atoms with Crippen LogP contribution in [0.15, 0.2) is 41.3 Å². The lowest BCUT2D eigenvalue weighted by molar-refractivity contribution is 0.0979. The van der Waals surface area contributed by atoms with Crippen molar-refractivity contribution in [3.63, 3.8) is 0 Å². The van der Waals surface area contributed by atoms with Gasteiger partial charge in [-0.3, -0.25) is 4.79 Å². The number of nitrogens with two attached hydrogens (primary N) is 1. The van der Waals surface area contributed by atoms with E-state index in [9.17, 15) is 13.2 Å². The van der Waals surface area contributed by atoms with E-state index in [-0.39, 0.29) is 33.4 Å². The van der Waals surface area contributed by atoms with E-state index >= 15 is 0 Å². The number of ketones is 1. The van der Waals surface area contributed by atoms with Crippen LogP contribution in [0.1, 0.15) is 41.6 Å². The summed E-state index contributed by atoms with van der Waals surface area (Å²) in [6.07, 6.45) is 3.67. The third-order valence-electron chi connectivity index (χ3n) is 4.61. The second-order valence-electron chi connectivity index (χ2n) is 6.86. The first kappa shape index (κ1) is 24.6. The van der Waals surface area contributed by atoms with Gasteiger partial charge in [0.2, 0.25) is 10.0 Å². The highest BCUT2D eigenvalue weighted by atomic mass is 35.5. The van der Waals surface area contributed by atoms with Crippen LogP contribution in [0.5, 0.6) is 5.75 Å². The van der Waals surface area contributed by atoms with E-state index in [1.165, 1.54) is 19.2 Å². The van der Waals surface area contributed by atoms with Crippen LogP contribution >= 0.6 is 23.2 Å². The van der Waals surface area contributed by atoms with Gasteiger partial charge in [0.1, 0.15) is 4.90 Å². The molecule has 0 heterocycles. The number of methoxy groups -OCH3 is 1. The number of nitrogens with one attached hydrogen (secondary N) is 1. The molecule has 164 valence electrons. The number of carbonyl (C=O) groups excluding carboxylic acids is 1. The molecule has 2 rings (SSSR count). The zero-order chi connectivity index (χ0) is 22.1. The van der Waals surface area contributed by atoms with Gasteiger partial charge in [-0.25, -0.2) is 13.6 Å². The zero-order valence-corrected chi connectivity index (χ0v) is 19.1. The number of benzene rings is 2. The number of carbonyl (C=O) groups is 1. The second kappa shape index (κ2) is 11.7. The van der Waals surface area contributed by atoms with Gasteiger partial charge in [-0.15, -0.1) is 0 Å². The minimum Gasteiger partial charge on any atom is -0.494 e. The molecule has 30 heavy (non-hydrogen) atoms. The van der Waals surface area contributed by atoms with E-state index in [4.69, 9.17) is 33.1 Å². The van der Waals surface area contributed by atoms with Gasteiger partial charge in [-0.1, -0.05) is 41.4 Å². The molecule has 0 aliphatic heterocycles. The number of aryl methyl sites for hydroxylation is 1. The number of Topliss-reactive ketones (excluding diaryl/α,β-unsaturated/α-hetero) is 1. The lowest BCUT2D eigenvalue weighted by Crippen LogP contribution is -2.17. The van der Waals surface area contributed by atoms with Crippen LogP contribution in [-0.2, 0) is 16.4 Å². The number of hydrogen-bond donors (Lipinski definition) is 2. The van der Waals surface area contributed by atoms with Gasteiger partial charge < -0.3 is 10.1 Å². The lowest BCUT2D eigenvalue weighted by atomic mass is 10.1. The first-order chi connectivity index (χ1) is 14.2. The Balaban J connectivity index is 1.75. The van der Waals surface area contributed by atoms with Gasteiger partial charge in [-0.05, 0) is 62.5 Å². The number of hydrogen-bond acceptors (Lipinski definition) is 5. The van der Waals surface area contributed by atoms with E-state index in [1.807, 2.05) is 24.3 Å². The summed E-state index contributed by atoms with van der Waals surface area (Å²) >= 11 is 12.2. The van der Waals surface area contributed by atoms with Crippen LogP contribution in [-0.4, -0.2) is 34.4 Å². The highest BCUT2D eigenvalue weighted by molar-refractivity contribution is 7.89. The van der Waals surface area contributed by atoms with Crippen LogP contribution < -0.4 is 15.2 Å². The SMILES string of the molecule is COc1c(Cl)cc(C(=O)CCCCNCCCc2ccccc2Cl)cc1S(N)(=O)=O. The molecule has 0 fully saturated rings. The van der Waals surface area contributed by atoms with Crippen molar-refractivity contribution in [3.8, 4) is 5.75 Å². The van der Waals surface area contributed by atoms with E-state index < -0.39 is 10.0 Å². The molecule has 0 spiro atoms. The first-order valence-corrected chi connectivity index (χ1v) is 11.9. The fourth-order valence-corrected chi connectivity index (χ4v) is 4.37. The summed E-state index contributed by atoms with van der Waals surface area (Å²) in [4.78, 5) is 12.1. The van der Waals surface area contributed by atoms with Crippen molar-refractivity contribution in [1.29, 1.82) is 0 Å². The van der Waals surface area contributed by atoms with Crippen molar-refractivity contribution in [2.24, 2.45) is 5.14 Å². The standard InChI is InChI=1S/C21H26Cl2N2O4S/c1-29-21-18(23)13-16(14-20(21)30(24,27)28)19(26)10-4-5-11-25-12-6-8-15-7-2-3-9-17(15)22/h2-3,7,9,13-14,25H,4-6,8,10-12H2,1H3,(H2,24,27,28). The minimum atomic E-state index is -4.06. The first-order valence-electron chi connectivity index (χ1n) is 9.61. The molecule has 0 radical (unpaired) electrons. The second-order valence-corrected chi connectivity index (χ2v) is 9.20. The molecule has 0 aliphatic rings. The van der Waals surface area contributed by atoms with E-state index in [2.05, 4.69) is 5.32 Å². The van der Waals surface area contributed by atoms with Crippen molar-refractivity contribution in [3.05, 3.63) is 57.6 Å². The average Bonchev–Trinajstić information content (AvgIpc) is 2.69. The molecule has 0 atom stereocenters. The van der Waals surface area contributed by atoms with Crippen molar-refractivity contribution in [2.75, 3.05) is 20.2 Å². The van der Waals surface area contributed by atoms with Crippen LogP contribution in [0, 0.1) is 0 Å². The number of sulfonamides is 1. The third kappa shape index (κ3) is 7.25. The van der Waals surface area contributed by atoms with E-state index in [1.54, 1.807) is 0 Å². The molecule has 0 aromatic heterocycles. The summed E-state index contributed by atoms with van der Waals surface area (Å²) < 4.78 is 28.5. The Kier molecular flexibility index (Phi) is 9.58. The Labute approximate surface area is 187 Å². The summed E-state index contributed by atoms with van der Waals surface area (Å²) in [6, 6.07) is 10.4. The summed E-state index contributed by atoms with van der Waals surface area (Å²) in [6.45, 7) is 1.66. The van der Waals surface area contributed by atoms with Crippen LogP contribution in [0.2, 0.25) is 10.0 Å². The maximum atomic E-state index is 12.4. The zero-order valence-electron chi connectivity index (χ0n) is 16.8. The summed E-state index contributed by atoms with van der Waals surface area (Å²) in [5, 5.41) is 9.38. The molecule has 0 aliphatic carbocycles. The molecule has 6 nitrogen and oxygen atoms in total. The van der Waals surface area contributed by atoms with Gasteiger partial charge in [-0.2, -0.15) is 0 Å². The molecule has 0 saturated carbocycles. The van der Waals surface area contributed by atoms with Crippen molar-refractivity contribution < 1.29 is 17.9 Å². The van der Waals surface area contributed by atoms with Crippen LogP contribution in [0.4, 0.5) is 0 Å². The largest absolute Gasteiger partial charge is 0.494 e. The summed E-state index contributed by atoms with van der Waals surface area (Å²) in [7, 11) is -2.77. The molecular weight excluding hydrogens is 447 g/mol. The number of halogens is 2. The maximum absolute atomic E-state index is 12.4. The van der Waals surface area contributed by atoms with E-state index in [0.29, 0.717) is 6.42 Å². The topological polar surface area (TPSA) is 98.5 Å². The molecule has 0 saturated heterocycles. The van der Waals surface area contributed by atoms with Gasteiger partial charge in [0, 0.05) is 17.0 Å². The molecule has 2 aromatic carbocycles. The Morgan fingerprint density at radius 2 is 1.77 bits per heavy atom. The smallest absolute Gasteiger partial charge is 0.241 e. The Morgan fingerprint density at radius 3 is 2.43 bits per heavy atom. The lowest BCUT2D eigenvalue weighted by Gasteiger charge is -2.11. The number of primary sulfonamides is 1. The Bertz CT molecular complexity index is 981. The van der Waals surface area contributed by atoms with E-state index in [0.717, 1.165) is 42.9 Å². The van der Waals surface area contributed by atoms with Gasteiger partial charge in [0.15, 0.2) is 11.5 Å². The van der Waals surface area contributed by atoms with Crippen LogP contribution in [0.25, 0.3) is 0 Å². The van der Waals surface area contributed by atoms with Gasteiger partial charge in [0.25, 0.3) is 0 Å². The average molecular weight is 473 g/mol. The minimum absolute atomic E-state index is 0.0348. The molecule has 2 aromatic rings. The fraction of sp³-hybridized carbons (Fsp3) is 0.381. The predicted molar refractivity (Wildman–Crippen MR) is 120 cm³/mol. The van der Waals surface area contributed by atoms with Crippen LogP contribution in [0.3, 0.4) is 0 Å². The highest BCUT2D eigenvalue weighted by Gasteiger charge is 2.21. The van der Waals surface area contributed by atoms with Gasteiger partial charge >= 0.3 is 0 Å². The molecule has 9 heteroatoms. The highest BCUT2D eigenvalue weighted by Crippen LogP contribution is 2.33. The third-order valence-corrected chi connectivity index (χ3v) is 6.17. The maximum Gasteiger partial charge on any atom is 0.241 e. The Morgan fingerprint density at radius 1 is 1.07 bits per heavy atom. The predicted octanol–water partition coefficient (Wildman–Crippen LogP) is 4.22. The molecule has 0 bridgehead atoms. The molecule has 0 unspecified atom stereocenters. The number of rotatable bonds is 12. The summed E-state index contributed by atoms with van der Waals surface area (Å²) in [5.41, 5.74) is 1.35. The monoisotopic (exact) mass is 472 g/mol. The quantitative estimate of drug-likeness (QED) is 0.355. The number of unbranched alkanes of at least 4 members (excludes halogenated alkanes) is 1. The van der Waals surface area contributed by atoms with Crippen molar-refractivity contribution in [1.82, 2.24) is 5.32 Å². The molecule has 3 N–H and O–H groups in total.